The Kier molecular flexibility index (Phi) is 4.55. The van der Waals surface area contributed by atoms with Gasteiger partial charge in [0.25, 0.3) is 0 Å². The standard InChI is InChI=1S/C15H24N2/c1-3-13-7-9-14(10-8-13)16-11-15-6-4-5-12(2)17-15/h4-6,13-14,16H,3,7-11H2,1-2H3. The van der Waals surface area contributed by atoms with Gasteiger partial charge in [0.15, 0.2) is 0 Å². The fraction of sp³-hybridized carbons (Fsp3) is 0.667. The summed E-state index contributed by atoms with van der Waals surface area (Å²) in [4.78, 5) is 4.53. The van der Waals surface area contributed by atoms with Gasteiger partial charge in [0, 0.05) is 18.3 Å². The molecule has 1 fully saturated rings. The minimum absolute atomic E-state index is 0.708. The molecule has 0 unspecified atom stereocenters. The zero-order valence-corrected chi connectivity index (χ0v) is 11.1. The van der Waals surface area contributed by atoms with Crippen LogP contribution in [0.2, 0.25) is 0 Å². The Balaban J connectivity index is 1.76. The van der Waals surface area contributed by atoms with Gasteiger partial charge in [-0.3, -0.25) is 4.98 Å². The molecule has 1 aliphatic rings. The summed E-state index contributed by atoms with van der Waals surface area (Å²) in [6.07, 6.45) is 6.83. The van der Waals surface area contributed by atoms with E-state index in [0.717, 1.165) is 18.2 Å². The van der Waals surface area contributed by atoms with E-state index in [1.807, 2.05) is 0 Å². The number of nitrogens with zero attached hydrogens (tertiary/aromatic N) is 1. The molecule has 0 radical (unpaired) electrons. The molecule has 1 aromatic rings. The van der Waals surface area contributed by atoms with Crippen molar-refractivity contribution in [2.45, 2.75) is 58.5 Å². The molecular weight excluding hydrogens is 208 g/mol. The van der Waals surface area contributed by atoms with Gasteiger partial charge in [0.2, 0.25) is 0 Å². The topological polar surface area (TPSA) is 24.9 Å². The van der Waals surface area contributed by atoms with Gasteiger partial charge in [-0.1, -0.05) is 19.4 Å². The molecule has 1 N–H and O–H groups in total. The molecule has 1 heterocycles. The first-order valence-electron chi connectivity index (χ1n) is 6.94. The number of hydrogen-bond acceptors (Lipinski definition) is 2. The molecule has 0 aliphatic heterocycles. The summed E-state index contributed by atoms with van der Waals surface area (Å²) in [5.41, 5.74) is 2.28. The van der Waals surface area contributed by atoms with Crippen LogP contribution in [0.3, 0.4) is 0 Å². The molecule has 2 rings (SSSR count). The monoisotopic (exact) mass is 232 g/mol. The van der Waals surface area contributed by atoms with Gasteiger partial charge < -0.3 is 5.32 Å². The smallest absolute Gasteiger partial charge is 0.0544 e. The van der Waals surface area contributed by atoms with Gasteiger partial charge in [-0.15, -0.1) is 0 Å². The molecule has 0 atom stereocenters. The third-order valence-electron chi connectivity index (χ3n) is 3.94. The van der Waals surface area contributed by atoms with E-state index in [4.69, 9.17) is 0 Å². The highest BCUT2D eigenvalue weighted by atomic mass is 14.9. The Morgan fingerprint density at radius 3 is 2.65 bits per heavy atom. The normalized spacial score (nSPS) is 24.8. The predicted octanol–water partition coefficient (Wildman–Crippen LogP) is 3.45. The van der Waals surface area contributed by atoms with Crippen LogP contribution in [-0.2, 0) is 6.54 Å². The van der Waals surface area contributed by atoms with Crippen LogP contribution >= 0.6 is 0 Å². The van der Waals surface area contributed by atoms with Crippen LogP contribution in [0.5, 0.6) is 0 Å². The van der Waals surface area contributed by atoms with E-state index < -0.39 is 0 Å². The summed E-state index contributed by atoms with van der Waals surface area (Å²) in [5, 5.41) is 3.65. The van der Waals surface area contributed by atoms with Crippen molar-refractivity contribution in [3.8, 4) is 0 Å². The van der Waals surface area contributed by atoms with E-state index in [2.05, 4.69) is 42.3 Å². The van der Waals surface area contributed by atoms with Crippen LogP contribution in [-0.4, -0.2) is 11.0 Å². The third-order valence-corrected chi connectivity index (χ3v) is 3.94. The molecule has 0 aromatic carbocycles. The van der Waals surface area contributed by atoms with Gasteiger partial charge in [0.05, 0.1) is 5.69 Å². The maximum Gasteiger partial charge on any atom is 0.0544 e. The summed E-state index contributed by atoms with van der Waals surface area (Å²) < 4.78 is 0. The largest absolute Gasteiger partial charge is 0.308 e. The maximum atomic E-state index is 4.53. The molecule has 0 amide bonds. The second-order valence-corrected chi connectivity index (χ2v) is 5.28. The van der Waals surface area contributed by atoms with Crippen molar-refractivity contribution in [1.82, 2.24) is 10.3 Å². The third kappa shape index (κ3) is 3.81. The van der Waals surface area contributed by atoms with Crippen molar-refractivity contribution >= 4 is 0 Å². The van der Waals surface area contributed by atoms with Gasteiger partial charge in [-0.25, -0.2) is 0 Å². The van der Waals surface area contributed by atoms with Crippen LogP contribution in [0.15, 0.2) is 18.2 Å². The molecule has 0 saturated heterocycles. The Bertz CT molecular complexity index is 341. The highest BCUT2D eigenvalue weighted by Crippen LogP contribution is 2.26. The summed E-state index contributed by atoms with van der Waals surface area (Å²) in [5.74, 6) is 0.977. The van der Waals surface area contributed by atoms with Crippen molar-refractivity contribution in [2.75, 3.05) is 0 Å². The molecule has 1 aromatic heterocycles. The van der Waals surface area contributed by atoms with Crippen LogP contribution < -0.4 is 5.32 Å². The first-order valence-corrected chi connectivity index (χ1v) is 6.94. The van der Waals surface area contributed by atoms with Crippen LogP contribution in [0.25, 0.3) is 0 Å². The van der Waals surface area contributed by atoms with Crippen molar-refractivity contribution in [3.05, 3.63) is 29.6 Å². The SMILES string of the molecule is CCC1CCC(NCc2cccc(C)n2)CC1. The highest BCUT2D eigenvalue weighted by Gasteiger charge is 2.19. The minimum atomic E-state index is 0.708. The molecule has 17 heavy (non-hydrogen) atoms. The first-order chi connectivity index (χ1) is 8.28. The molecule has 1 aliphatic carbocycles. The molecule has 0 bridgehead atoms. The minimum Gasteiger partial charge on any atom is -0.308 e. The van der Waals surface area contributed by atoms with E-state index >= 15 is 0 Å². The van der Waals surface area contributed by atoms with Crippen molar-refractivity contribution in [2.24, 2.45) is 5.92 Å². The summed E-state index contributed by atoms with van der Waals surface area (Å²) in [6.45, 7) is 5.29. The summed E-state index contributed by atoms with van der Waals surface area (Å²) in [7, 11) is 0. The molecular formula is C15H24N2. The molecule has 1 saturated carbocycles. The Morgan fingerprint density at radius 1 is 1.24 bits per heavy atom. The zero-order valence-electron chi connectivity index (χ0n) is 11.1. The lowest BCUT2D eigenvalue weighted by molar-refractivity contribution is 0.284. The van der Waals surface area contributed by atoms with Crippen LogP contribution in [0, 0.1) is 12.8 Å². The van der Waals surface area contributed by atoms with E-state index in [9.17, 15) is 0 Å². The highest BCUT2D eigenvalue weighted by molar-refractivity contribution is 5.09. The van der Waals surface area contributed by atoms with Gasteiger partial charge in [0.1, 0.15) is 0 Å². The summed E-state index contributed by atoms with van der Waals surface area (Å²) >= 11 is 0. The van der Waals surface area contributed by atoms with Crippen molar-refractivity contribution < 1.29 is 0 Å². The van der Waals surface area contributed by atoms with Crippen molar-refractivity contribution in [3.63, 3.8) is 0 Å². The predicted molar refractivity (Wildman–Crippen MR) is 71.9 cm³/mol. The Labute approximate surface area is 105 Å². The average Bonchev–Trinajstić information content (AvgIpc) is 2.37. The number of aryl methyl sites for hydroxylation is 1. The quantitative estimate of drug-likeness (QED) is 0.860. The average molecular weight is 232 g/mol. The molecule has 2 nitrogen and oxygen atoms in total. The van der Waals surface area contributed by atoms with Crippen LogP contribution in [0.1, 0.15) is 50.4 Å². The Morgan fingerprint density at radius 2 is 2.00 bits per heavy atom. The van der Waals surface area contributed by atoms with E-state index in [0.29, 0.717) is 6.04 Å². The summed E-state index contributed by atoms with van der Waals surface area (Å²) in [6, 6.07) is 6.96. The molecule has 2 heteroatoms. The fourth-order valence-electron chi connectivity index (χ4n) is 2.72. The number of hydrogen-bond donors (Lipinski definition) is 1. The van der Waals surface area contributed by atoms with Crippen molar-refractivity contribution in [1.29, 1.82) is 0 Å². The maximum absolute atomic E-state index is 4.53. The second kappa shape index (κ2) is 6.15. The van der Waals surface area contributed by atoms with E-state index in [1.54, 1.807) is 0 Å². The zero-order chi connectivity index (χ0) is 12.1. The number of nitrogens with one attached hydrogen (secondary N) is 1. The van der Waals surface area contributed by atoms with Gasteiger partial charge in [-0.05, 0) is 50.7 Å². The number of pyridine rings is 1. The number of rotatable bonds is 4. The van der Waals surface area contributed by atoms with E-state index in [1.165, 1.54) is 37.8 Å². The Hall–Kier alpha value is -0.890. The molecule has 94 valence electrons. The van der Waals surface area contributed by atoms with Gasteiger partial charge >= 0.3 is 0 Å². The van der Waals surface area contributed by atoms with E-state index in [-0.39, 0.29) is 0 Å². The lowest BCUT2D eigenvalue weighted by Gasteiger charge is -2.28. The second-order valence-electron chi connectivity index (χ2n) is 5.28. The molecule has 0 spiro atoms. The number of aromatic nitrogens is 1. The lowest BCUT2D eigenvalue weighted by atomic mass is 9.84. The lowest BCUT2D eigenvalue weighted by Crippen LogP contribution is -2.32. The van der Waals surface area contributed by atoms with Gasteiger partial charge in [-0.2, -0.15) is 0 Å². The van der Waals surface area contributed by atoms with Crippen LogP contribution in [0.4, 0.5) is 0 Å². The fourth-order valence-corrected chi connectivity index (χ4v) is 2.72. The first kappa shape index (κ1) is 12.6.